The maximum absolute atomic E-state index is 12.4. The molecule has 0 aromatic rings. The molecule has 0 aromatic carbocycles. The van der Waals surface area contributed by atoms with Gasteiger partial charge in [0.25, 0.3) is 0 Å². The number of nitrogens with zero attached hydrogens (tertiary/aromatic N) is 1. The number of hydrogen-bond donors (Lipinski definition) is 2. The Morgan fingerprint density at radius 2 is 2.10 bits per heavy atom. The van der Waals surface area contributed by atoms with Gasteiger partial charge in [-0.25, -0.2) is 0 Å². The van der Waals surface area contributed by atoms with Crippen molar-refractivity contribution in [1.29, 1.82) is 0 Å². The molecule has 4 nitrogen and oxygen atoms in total. The summed E-state index contributed by atoms with van der Waals surface area (Å²) in [6.45, 7) is 8.70. The first-order chi connectivity index (χ1) is 9.60. The van der Waals surface area contributed by atoms with Gasteiger partial charge in [0.1, 0.15) is 0 Å². The van der Waals surface area contributed by atoms with Crippen molar-refractivity contribution < 1.29 is 4.79 Å². The van der Waals surface area contributed by atoms with Gasteiger partial charge in [-0.15, -0.1) is 0 Å². The van der Waals surface area contributed by atoms with Gasteiger partial charge in [0.05, 0.1) is 5.54 Å². The summed E-state index contributed by atoms with van der Waals surface area (Å²) in [7, 11) is 0. The number of piperazine rings is 1. The second-order valence-corrected chi connectivity index (χ2v) is 6.41. The molecule has 0 bridgehead atoms. The fourth-order valence-electron chi connectivity index (χ4n) is 3.05. The van der Waals surface area contributed by atoms with E-state index in [1.807, 2.05) is 13.8 Å². The van der Waals surface area contributed by atoms with Crippen LogP contribution in [0.3, 0.4) is 0 Å². The van der Waals surface area contributed by atoms with Gasteiger partial charge in [0, 0.05) is 32.7 Å². The van der Waals surface area contributed by atoms with E-state index in [4.69, 9.17) is 0 Å². The molecule has 0 aromatic heterocycles. The van der Waals surface area contributed by atoms with E-state index < -0.39 is 5.54 Å². The van der Waals surface area contributed by atoms with Gasteiger partial charge in [-0.2, -0.15) is 0 Å². The zero-order valence-corrected chi connectivity index (χ0v) is 13.0. The molecule has 1 fully saturated rings. The highest BCUT2D eigenvalue weighted by Gasteiger charge is 2.34. The van der Waals surface area contributed by atoms with Gasteiger partial charge in [0.2, 0.25) is 5.91 Å². The Kier molecular flexibility index (Phi) is 5.61. The van der Waals surface area contributed by atoms with Crippen molar-refractivity contribution in [1.82, 2.24) is 15.5 Å². The predicted octanol–water partition coefficient (Wildman–Crippen LogP) is 1.68. The Labute approximate surface area is 123 Å². The summed E-state index contributed by atoms with van der Waals surface area (Å²) in [5.74, 6) is 0.163. The highest BCUT2D eigenvalue weighted by atomic mass is 16.2. The average Bonchev–Trinajstić information content (AvgIpc) is 2.49. The van der Waals surface area contributed by atoms with Crippen LogP contribution in [0.5, 0.6) is 0 Å². The van der Waals surface area contributed by atoms with Gasteiger partial charge in [-0.3, -0.25) is 9.69 Å². The maximum Gasteiger partial charge on any atom is 0.239 e. The highest BCUT2D eigenvalue weighted by Crippen LogP contribution is 2.20. The molecular formula is C16H29N3O. The minimum absolute atomic E-state index is 0.163. The smallest absolute Gasteiger partial charge is 0.239 e. The van der Waals surface area contributed by atoms with Crippen LogP contribution >= 0.6 is 0 Å². The van der Waals surface area contributed by atoms with Crippen molar-refractivity contribution >= 4 is 5.91 Å². The van der Waals surface area contributed by atoms with Gasteiger partial charge < -0.3 is 10.6 Å². The molecule has 1 heterocycles. The lowest BCUT2D eigenvalue weighted by Gasteiger charge is -2.39. The third-order valence-corrected chi connectivity index (χ3v) is 4.58. The molecule has 0 spiro atoms. The first-order valence-corrected chi connectivity index (χ1v) is 8.02. The summed E-state index contributed by atoms with van der Waals surface area (Å²) in [6, 6.07) is 0. The zero-order chi connectivity index (χ0) is 14.4. The Balaban J connectivity index is 1.76. The first-order valence-electron chi connectivity index (χ1n) is 8.02. The van der Waals surface area contributed by atoms with Crippen molar-refractivity contribution in [2.24, 2.45) is 0 Å². The molecule has 2 rings (SSSR count). The molecule has 4 heteroatoms. The Hall–Kier alpha value is -0.870. The molecule has 2 N–H and O–H groups in total. The Morgan fingerprint density at radius 3 is 2.75 bits per heavy atom. The predicted molar refractivity (Wildman–Crippen MR) is 82.7 cm³/mol. The SMILES string of the molecule is CC(C)(C(=O)NCCC1=CCCCC1)N1CCNCC1. The third kappa shape index (κ3) is 4.06. The zero-order valence-electron chi connectivity index (χ0n) is 13.0. The summed E-state index contributed by atoms with van der Waals surface area (Å²) in [4.78, 5) is 14.7. The van der Waals surface area contributed by atoms with Crippen molar-refractivity contribution in [3.63, 3.8) is 0 Å². The van der Waals surface area contributed by atoms with E-state index in [1.54, 1.807) is 0 Å². The van der Waals surface area contributed by atoms with Crippen LogP contribution in [0.2, 0.25) is 0 Å². The van der Waals surface area contributed by atoms with Gasteiger partial charge in [-0.1, -0.05) is 11.6 Å². The number of rotatable bonds is 5. The van der Waals surface area contributed by atoms with E-state index in [-0.39, 0.29) is 5.91 Å². The second-order valence-electron chi connectivity index (χ2n) is 6.41. The van der Waals surface area contributed by atoms with E-state index in [2.05, 4.69) is 21.6 Å². The molecule has 2 aliphatic rings. The van der Waals surface area contributed by atoms with E-state index in [1.165, 1.54) is 31.3 Å². The lowest BCUT2D eigenvalue weighted by atomic mass is 9.97. The van der Waals surface area contributed by atoms with Gasteiger partial charge in [0.15, 0.2) is 0 Å². The molecular weight excluding hydrogens is 250 g/mol. The van der Waals surface area contributed by atoms with Crippen LogP contribution in [-0.2, 0) is 4.79 Å². The number of allylic oxidation sites excluding steroid dienone is 1. The molecule has 0 saturated carbocycles. The molecule has 114 valence electrons. The van der Waals surface area contributed by atoms with Crippen LogP contribution in [0.4, 0.5) is 0 Å². The van der Waals surface area contributed by atoms with Crippen LogP contribution in [0.15, 0.2) is 11.6 Å². The molecule has 1 amide bonds. The van der Waals surface area contributed by atoms with Crippen LogP contribution in [-0.4, -0.2) is 49.1 Å². The molecule has 0 unspecified atom stereocenters. The lowest BCUT2D eigenvalue weighted by molar-refractivity contribution is -0.132. The van der Waals surface area contributed by atoms with Crippen LogP contribution in [0.1, 0.15) is 46.0 Å². The van der Waals surface area contributed by atoms with Gasteiger partial charge >= 0.3 is 0 Å². The number of hydrogen-bond acceptors (Lipinski definition) is 3. The highest BCUT2D eigenvalue weighted by molar-refractivity contribution is 5.85. The van der Waals surface area contributed by atoms with Gasteiger partial charge in [-0.05, 0) is 46.0 Å². The fraction of sp³-hybridized carbons (Fsp3) is 0.812. The van der Waals surface area contributed by atoms with Crippen molar-refractivity contribution in [3.05, 3.63) is 11.6 Å². The summed E-state index contributed by atoms with van der Waals surface area (Å²) in [6.07, 6.45) is 8.45. The maximum atomic E-state index is 12.4. The van der Waals surface area contributed by atoms with E-state index >= 15 is 0 Å². The topological polar surface area (TPSA) is 44.4 Å². The number of amides is 1. The normalized spacial score (nSPS) is 21.4. The van der Waals surface area contributed by atoms with Crippen LogP contribution in [0.25, 0.3) is 0 Å². The Morgan fingerprint density at radius 1 is 1.35 bits per heavy atom. The Bertz CT molecular complexity index is 357. The van der Waals surface area contributed by atoms with Crippen molar-refractivity contribution in [2.45, 2.75) is 51.5 Å². The average molecular weight is 279 g/mol. The fourth-order valence-corrected chi connectivity index (χ4v) is 3.05. The van der Waals surface area contributed by atoms with E-state index in [0.717, 1.165) is 39.1 Å². The van der Waals surface area contributed by atoms with Crippen molar-refractivity contribution in [2.75, 3.05) is 32.7 Å². The first kappa shape index (κ1) is 15.5. The molecule has 0 atom stereocenters. The van der Waals surface area contributed by atoms with E-state index in [9.17, 15) is 4.79 Å². The summed E-state index contributed by atoms with van der Waals surface area (Å²) < 4.78 is 0. The van der Waals surface area contributed by atoms with Crippen LogP contribution in [0, 0.1) is 0 Å². The molecule has 1 saturated heterocycles. The third-order valence-electron chi connectivity index (χ3n) is 4.58. The lowest BCUT2D eigenvalue weighted by Crippen LogP contribution is -2.60. The molecule has 1 aliphatic carbocycles. The number of carbonyl (C=O) groups is 1. The molecule has 20 heavy (non-hydrogen) atoms. The standard InChI is InChI=1S/C16H29N3O/c1-16(2,19-12-10-17-11-13-19)15(20)18-9-8-14-6-4-3-5-7-14/h6,17H,3-5,7-13H2,1-2H3,(H,18,20). The quantitative estimate of drug-likeness (QED) is 0.753. The van der Waals surface area contributed by atoms with E-state index in [0.29, 0.717) is 0 Å². The summed E-state index contributed by atoms with van der Waals surface area (Å²) in [5.41, 5.74) is 1.12. The molecule has 0 radical (unpaired) electrons. The van der Waals surface area contributed by atoms with Crippen molar-refractivity contribution in [3.8, 4) is 0 Å². The summed E-state index contributed by atoms with van der Waals surface area (Å²) >= 11 is 0. The largest absolute Gasteiger partial charge is 0.354 e. The van der Waals surface area contributed by atoms with Crippen LogP contribution < -0.4 is 10.6 Å². The second kappa shape index (κ2) is 7.23. The number of nitrogens with one attached hydrogen (secondary N) is 2. The monoisotopic (exact) mass is 279 g/mol. The summed E-state index contributed by atoms with van der Waals surface area (Å²) in [5, 5.41) is 6.46. The minimum atomic E-state index is -0.400. The number of carbonyl (C=O) groups excluding carboxylic acids is 1. The minimum Gasteiger partial charge on any atom is -0.354 e. The molecule has 1 aliphatic heterocycles.